The van der Waals surface area contributed by atoms with E-state index in [2.05, 4.69) is 38.3 Å². The minimum atomic E-state index is -0.244. The zero-order chi connectivity index (χ0) is 15.4. The van der Waals surface area contributed by atoms with E-state index >= 15 is 0 Å². The first-order valence-electron chi connectivity index (χ1n) is 8.47. The molecule has 1 aliphatic heterocycles. The van der Waals surface area contributed by atoms with E-state index < -0.39 is 0 Å². The summed E-state index contributed by atoms with van der Waals surface area (Å²) in [5, 5.41) is 3.16. The second-order valence-electron chi connectivity index (χ2n) is 6.60. The predicted molar refractivity (Wildman–Crippen MR) is 93.0 cm³/mol. The van der Waals surface area contributed by atoms with Crippen LogP contribution in [0.3, 0.4) is 0 Å². The lowest BCUT2D eigenvalue weighted by Gasteiger charge is -2.26. The molecule has 1 N–H and O–H groups in total. The number of nitrogens with one attached hydrogen (secondary N) is 1. The van der Waals surface area contributed by atoms with Gasteiger partial charge in [-0.25, -0.2) is 0 Å². The first-order valence-corrected chi connectivity index (χ1v) is 9.27. The molecule has 0 bridgehead atoms. The Hall–Kier alpha value is -0.870. The average Bonchev–Trinajstić information content (AvgIpc) is 3.35. The van der Waals surface area contributed by atoms with Crippen molar-refractivity contribution >= 4 is 21.8 Å². The molecule has 0 aromatic heterocycles. The maximum absolute atomic E-state index is 12.5. The van der Waals surface area contributed by atoms with Crippen LogP contribution in [0.1, 0.15) is 44.1 Å². The van der Waals surface area contributed by atoms with E-state index in [4.69, 9.17) is 0 Å². The molecular weight excluding hydrogens is 340 g/mol. The number of likely N-dealkylation sites (tertiary alicyclic amines) is 1. The second-order valence-corrected chi connectivity index (χ2v) is 7.52. The van der Waals surface area contributed by atoms with Crippen molar-refractivity contribution in [2.24, 2.45) is 0 Å². The molecule has 1 amide bonds. The highest BCUT2D eigenvalue weighted by atomic mass is 79.9. The van der Waals surface area contributed by atoms with Gasteiger partial charge in [0.05, 0.1) is 5.41 Å². The molecule has 1 saturated heterocycles. The number of amides is 1. The van der Waals surface area contributed by atoms with Gasteiger partial charge >= 0.3 is 0 Å². The molecule has 1 heterocycles. The van der Waals surface area contributed by atoms with Crippen LogP contribution in [-0.4, -0.2) is 37.0 Å². The molecule has 0 atom stereocenters. The maximum atomic E-state index is 12.5. The Bertz CT molecular complexity index is 504. The molecule has 1 saturated carbocycles. The smallest absolute Gasteiger partial charge is 0.230 e. The van der Waals surface area contributed by atoms with Crippen molar-refractivity contribution in [3.63, 3.8) is 0 Å². The van der Waals surface area contributed by atoms with E-state index in [1.807, 2.05) is 12.1 Å². The van der Waals surface area contributed by atoms with Gasteiger partial charge in [0, 0.05) is 11.0 Å². The zero-order valence-electron chi connectivity index (χ0n) is 13.1. The number of carbonyl (C=O) groups is 1. The minimum absolute atomic E-state index is 0.216. The molecule has 4 heteroatoms. The lowest BCUT2D eigenvalue weighted by Crippen LogP contribution is -2.37. The molecule has 3 nitrogen and oxygen atoms in total. The monoisotopic (exact) mass is 364 g/mol. The first kappa shape index (κ1) is 16.0. The Labute approximate surface area is 141 Å². The van der Waals surface area contributed by atoms with Crippen molar-refractivity contribution in [1.29, 1.82) is 0 Å². The highest BCUT2D eigenvalue weighted by Crippen LogP contribution is 2.48. The van der Waals surface area contributed by atoms with Crippen molar-refractivity contribution in [2.45, 2.75) is 43.9 Å². The van der Waals surface area contributed by atoms with Crippen LogP contribution in [0.4, 0.5) is 0 Å². The molecule has 1 aromatic rings. The Morgan fingerprint density at radius 2 is 1.82 bits per heavy atom. The summed E-state index contributed by atoms with van der Waals surface area (Å²) in [6.45, 7) is 4.38. The molecule has 2 fully saturated rings. The normalized spacial score (nSPS) is 20.6. The van der Waals surface area contributed by atoms with Crippen molar-refractivity contribution in [3.05, 3.63) is 34.3 Å². The third-order valence-corrected chi connectivity index (χ3v) is 5.50. The van der Waals surface area contributed by atoms with Crippen molar-refractivity contribution < 1.29 is 4.79 Å². The number of rotatable bonds is 6. The topological polar surface area (TPSA) is 32.3 Å². The van der Waals surface area contributed by atoms with Gasteiger partial charge < -0.3 is 10.2 Å². The first-order chi connectivity index (χ1) is 10.7. The van der Waals surface area contributed by atoms with Gasteiger partial charge in [-0.3, -0.25) is 4.79 Å². The van der Waals surface area contributed by atoms with Crippen LogP contribution >= 0.6 is 15.9 Å². The number of nitrogens with zero attached hydrogens (tertiary/aromatic N) is 1. The van der Waals surface area contributed by atoms with Crippen molar-refractivity contribution in [1.82, 2.24) is 10.2 Å². The zero-order valence-corrected chi connectivity index (χ0v) is 14.7. The predicted octanol–water partition coefficient (Wildman–Crippen LogP) is 3.47. The van der Waals surface area contributed by atoms with Crippen LogP contribution in [0.2, 0.25) is 0 Å². The van der Waals surface area contributed by atoms with Gasteiger partial charge in [-0.2, -0.15) is 0 Å². The lowest BCUT2D eigenvalue weighted by atomic mass is 9.95. The van der Waals surface area contributed by atoms with Gasteiger partial charge in [0.15, 0.2) is 0 Å². The largest absolute Gasteiger partial charge is 0.355 e. The fourth-order valence-electron chi connectivity index (χ4n) is 3.40. The lowest BCUT2D eigenvalue weighted by molar-refractivity contribution is -0.123. The second kappa shape index (κ2) is 7.14. The molecule has 1 aliphatic carbocycles. The fraction of sp³-hybridized carbons (Fsp3) is 0.611. The number of benzene rings is 1. The van der Waals surface area contributed by atoms with E-state index in [-0.39, 0.29) is 11.3 Å². The Kier molecular flexibility index (Phi) is 5.19. The molecule has 22 heavy (non-hydrogen) atoms. The van der Waals surface area contributed by atoms with Crippen LogP contribution in [-0.2, 0) is 10.2 Å². The molecule has 0 spiro atoms. The van der Waals surface area contributed by atoms with Crippen molar-refractivity contribution in [2.75, 3.05) is 26.2 Å². The van der Waals surface area contributed by atoms with E-state index in [1.54, 1.807) is 0 Å². The van der Waals surface area contributed by atoms with Gasteiger partial charge in [0.25, 0.3) is 0 Å². The Morgan fingerprint density at radius 3 is 2.45 bits per heavy atom. The van der Waals surface area contributed by atoms with Crippen LogP contribution in [0.15, 0.2) is 28.7 Å². The van der Waals surface area contributed by atoms with Gasteiger partial charge in [0.2, 0.25) is 5.91 Å². The summed E-state index contributed by atoms with van der Waals surface area (Å²) in [6, 6.07) is 8.20. The van der Waals surface area contributed by atoms with Crippen LogP contribution in [0.25, 0.3) is 0 Å². The quantitative estimate of drug-likeness (QED) is 0.783. The standard InChI is InChI=1S/C18H25BrN2O/c19-16-7-5-15(6-8-16)18(9-10-18)17(22)20-11-4-14-21-12-2-1-3-13-21/h5-8H,1-4,9-14H2,(H,20,22). The SMILES string of the molecule is O=C(NCCCN1CCCCC1)C1(c2ccc(Br)cc2)CC1. The summed E-state index contributed by atoms with van der Waals surface area (Å²) in [7, 11) is 0. The number of piperidine rings is 1. The summed E-state index contributed by atoms with van der Waals surface area (Å²) in [5.41, 5.74) is 0.912. The summed E-state index contributed by atoms with van der Waals surface area (Å²) >= 11 is 3.45. The third-order valence-electron chi connectivity index (χ3n) is 4.97. The van der Waals surface area contributed by atoms with Crippen LogP contribution in [0, 0.1) is 0 Å². The molecular formula is C18H25BrN2O. The number of halogens is 1. The van der Waals surface area contributed by atoms with Crippen molar-refractivity contribution in [3.8, 4) is 0 Å². The van der Waals surface area contributed by atoms with E-state index in [9.17, 15) is 4.79 Å². The highest BCUT2D eigenvalue weighted by Gasteiger charge is 2.50. The molecule has 0 radical (unpaired) electrons. The van der Waals surface area contributed by atoms with Gasteiger partial charge in [0.1, 0.15) is 0 Å². The van der Waals surface area contributed by atoms with Gasteiger partial charge in [-0.1, -0.05) is 34.5 Å². The summed E-state index contributed by atoms with van der Waals surface area (Å²) < 4.78 is 1.06. The Balaban J connectivity index is 1.44. The average molecular weight is 365 g/mol. The molecule has 2 aliphatic rings. The number of hydrogen-bond acceptors (Lipinski definition) is 2. The van der Waals surface area contributed by atoms with Gasteiger partial charge in [-0.05, 0) is 69.4 Å². The fourth-order valence-corrected chi connectivity index (χ4v) is 3.66. The Morgan fingerprint density at radius 1 is 1.14 bits per heavy atom. The van der Waals surface area contributed by atoms with E-state index in [0.29, 0.717) is 0 Å². The molecule has 1 aromatic carbocycles. The third kappa shape index (κ3) is 3.72. The summed E-state index contributed by atoms with van der Waals surface area (Å²) in [5.74, 6) is 0.216. The maximum Gasteiger partial charge on any atom is 0.230 e. The summed E-state index contributed by atoms with van der Waals surface area (Å²) in [4.78, 5) is 15.1. The van der Waals surface area contributed by atoms with Gasteiger partial charge in [-0.15, -0.1) is 0 Å². The molecule has 0 unspecified atom stereocenters. The summed E-state index contributed by atoms with van der Waals surface area (Å²) in [6.07, 6.45) is 7.06. The van der Waals surface area contributed by atoms with Crippen LogP contribution in [0.5, 0.6) is 0 Å². The van der Waals surface area contributed by atoms with E-state index in [0.717, 1.165) is 42.4 Å². The number of carbonyl (C=O) groups excluding carboxylic acids is 1. The molecule has 3 rings (SSSR count). The molecule has 120 valence electrons. The number of hydrogen-bond donors (Lipinski definition) is 1. The highest BCUT2D eigenvalue weighted by molar-refractivity contribution is 9.10. The van der Waals surface area contributed by atoms with E-state index in [1.165, 1.54) is 32.4 Å². The minimum Gasteiger partial charge on any atom is -0.355 e. The van der Waals surface area contributed by atoms with Crippen LogP contribution < -0.4 is 5.32 Å².